The first-order valence-corrected chi connectivity index (χ1v) is 11.5. The van der Waals surface area contributed by atoms with E-state index in [9.17, 15) is 9.59 Å². The van der Waals surface area contributed by atoms with Gasteiger partial charge in [-0.1, -0.05) is 43.5 Å². The zero-order chi connectivity index (χ0) is 21.6. The van der Waals surface area contributed by atoms with E-state index in [2.05, 4.69) is 45.1 Å². The summed E-state index contributed by atoms with van der Waals surface area (Å²) in [6, 6.07) is 14.1. The smallest absolute Gasteiger partial charge is 0.319 e. The van der Waals surface area contributed by atoms with Crippen LogP contribution in [0.1, 0.15) is 60.5 Å². The number of rotatable bonds is 5. The van der Waals surface area contributed by atoms with Gasteiger partial charge in [-0.2, -0.15) is 0 Å². The van der Waals surface area contributed by atoms with Crippen LogP contribution in [0.3, 0.4) is 0 Å². The summed E-state index contributed by atoms with van der Waals surface area (Å²) in [4.78, 5) is 27.6. The molecule has 1 saturated carbocycles. The topological polar surface area (TPSA) is 73.5 Å². The highest BCUT2D eigenvalue weighted by atomic mass is 16.2. The molecule has 3 N–H and O–H groups in total. The van der Waals surface area contributed by atoms with Crippen LogP contribution in [0.15, 0.2) is 42.5 Å². The van der Waals surface area contributed by atoms with Crippen molar-refractivity contribution in [1.29, 1.82) is 0 Å². The van der Waals surface area contributed by atoms with Crippen LogP contribution in [0, 0.1) is 0 Å². The molecule has 0 unspecified atom stereocenters. The highest BCUT2D eigenvalue weighted by molar-refractivity contribution is 6.02. The number of nitrogens with zero attached hydrogens (tertiary/aromatic N) is 1. The Morgan fingerprint density at radius 3 is 2.58 bits per heavy atom. The molecule has 0 bridgehead atoms. The molecule has 31 heavy (non-hydrogen) atoms. The maximum absolute atomic E-state index is 13.3. The lowest BCUT2D eigenvalue weighted by Gasteiger charge is -2.32. The van der Waals surface area contributed by atoms with Crippen molar-refractivity contribution in [1.82, 2.24) is 10.6 Å². The number of nitrogens with one attached hydrogen (secondary N) is 3. The summed E-state index contributed by atoms with van der Waals surface area (Å²) in [7, 11) is 0. The Morgan fingerprint density at radius 2 is 1.81 bits per heavy atom. The summed E-state index contributed by atoms with van der Waals surface area (Å²) in [6.07, 6.45) is 6.61. The van der Waals surface area contributed by atoms with Gasteiger partial charge >= 0.3 is 6.03 Å². The summed E-state index contributed by atoms with van der Waals surface area (Å²) in [6.45, 7) is 4.07. The number of hydrogen-bond acceptors (Lipinski definition) is 3. The molecule has 164 valence electrons. The third-order valence-electron chi connectivity index (χ3n) is 6.25. The van der Waals surface area contributed by atoms with Crippen molar-refractivity contribution in [3.63, 3.8) is 0 Å². The largest absolute Gasteiger partial charge is 0.366 e. The van der Waals surface area contributed by atoms with E-state index in [-0.39, 0.29) is 18.0 Å². The van der Waals surface area contributed by atoms with Gasteiger partial charge in [0.05, 0.1) is 5.56 Å². The number of carbonyl (C=O) groups excluding carboxylic acids is 2. The van der Waals surface area contributed by atoms with Crippen molar-refractivity contribution >= 4 is 23.3 Å². The van der Waals surface area contributed by atoms with Crippen molar-refractivity contribution in [2.75, 3.05) is 23.3 Å². The summed E-state index contributed by atoms with van der Waals surface area (Å²) in [5.74, 6) is -0.0553. The van der Waals surface area contributed by atoms with E-state index < -0.39 is 0 Å². The van der Waals surface area contributed by atoms with Gasteiger partial charge in [0, 0.05) is 37.1 Å². The fourth-order valence-electron chi connectivity index (χ4n) is 4.62. The lowest BCUT2D eigenvalue weighted by molar-refractivity contribution is 0.0928. The minimum atomic E-state index is -0.263. The zero-order valence-corrected chi connectivity index (χ0v) is 18.2. The third-order valence-corrected chi connectivity index (χ3v) is 6.25. The average Bonchev–Trinajstić information content (AvgIpc) is 2.79. The van der Waals surface area contributed by atoms with E-state index in [4.69, 9.17) is 0 Å². The fourth-order valence-corrected chi connectivity index (χ4v) is 4.62. The van der Waals surface area contributed by atoms with Crippen molar-refractivity contribution in [2.24, 2.45) is 0 Å². The van der Waals surface area contributed by atoms with Crippen molar-refractivity contribution in [3.05, 3.63) is 59.2 Å². The van der Waals surface area contributed by atoms with Crippen LogP contribution in [0.4, 0.5) is 16.2 Å². The first-order valence-electron chi connectivity index (χ1n) is 11.5. The highest BCUT2D eigenvalue weighted by Gasteiger charge is 2.24. The number of hydrogen-bond donors (Lipinski definition) is 3. The molecular formula is C25H32N4O2. The Hall–Kier alpha value is -3.02. The molecule has 1 fully saturated rings. The molecule has 0 spiro atoms. The predicted octanol–water partition coefficient (Wildman–Crippen LogP) is 4.45. The molecular weight excluding hydrogens is 388 g/mol. The van der Waals surface area contributed by atoms with Gasteiger partial charge < -0.3 is 20.9 Å². The van der Waals surface area contributed by atoms with E-state index in [0.717, 1.165) is 38.0 Å². The normalized spacial score (nSPS) is 16.4. The van der Waals surface area contributed by atoms with E-state index in [1.54, 1.807) is 0 Å². The molecule has 2 aliphatic rings. The Bertz CT molecular complexity index is 937. The lowest BCUT2D eigenvalue weighted by Crippen LogP contribution is -2.38. The number of carbonyl (C=O) groups is 2. The van der Waals surface area contributed by atoms with Gasteiger partial charge in [-0.3, -0.25) is 4.79 Å². The Kier molecular flexibility index (Phi) is 6.75. The Labute approximate surface area is 184 Å². The van der Waals surface area contributed by atoms with Crippen LogP contribution in [0.2, 0.25) is 0 Å². The van der Waals surface area contributed by atoms with Gasteiger partial charge in [-0.05, 0) is 55.5 Å². The second-order valence-electron chi connectivity index (χ2n) is 8.47. The van der Waals surface area contributed by atoms with Crippen LogP contribution >= 0.6 is 0 Å². The highest BCUT2D eigenvalue weighted by Crippen LogP contribution is 2.30. The van der Waals surface area contributed by atoms with E-state index in [1.165, 1.54) is 30.4 Å². The molecule has 2 aromatic rings. The monoisotopic (exact) mass is 420 g/mol. The summed E-state index contributed by atoms with van der Waals surface area (Å²) in [5, 5.41) is 8.82. The Morgan fingerprint density at radius 1 is 1.03 bits per heavy atom. The molecule has 4 rings (SSSR count). The SMILES string of the molecule is CCNC(=O)Nc1ccc(N2CCc3ccccc3C2)c(C(=O)NC2CCCCC2)c1. The van der Waals surface area contributed by atoms with Crippen molar-refractivity contribution in [3.8, 4) is 0 Å². The van der Waals surface area contributed by atoms with Gasteiger partial charge in [0.2, 0.25) is 0 Å². The molecule has 1 aliphatic carbocycles. The van der Waals surface area contributed by atoms with Crippen molar-refractivity contribution in [2.45, 2.75) is 58.0 Å². The lowest BCUT2D eigenvalue weighted by atomic mass is 9.95. The number of anilines is 2. The van der Waals surface area contributed by atoms with Crippen LogP contribution in [-0.2, 0) is 13.0 Å². The summed E-state index contributed by atoms with van der Waals surface area (Å²) in [5.41, 5.74) is 4.85. The van der Waals surface area contributed by atoms with Crippen molar-refractivity contribution < 1.29 is 9.59 Å². The predicted molar refractivity (Wildman–Crippen MR) is 125 cm³/mol. The van der Waals surface area contributed by atoms with Gasteiger partial charge in [-0.25, -0.2) is 4.79 Å². The number of amides is 3. The van der Waals surface area contributed by atoms with Crippen LogP contribution < -0.4 is 20.9 Å². The summed E-state index contributed by atoms with van der Waals surface area (Å²) < 4.78 is 0. The maximum atomic E-state index is 13.3. The first-order chi connectivity index (χ1) is 15.1. The molecule has 1 aliphatic heterocycles. The van der Waals surface area contributed by atoms with Gasteiger partial charge in [0.15, 0.2) is 0 Å². The molecule has 1 heterocycles. The van der Waals surface area contributed by atoms with Gasteiger partial charge in [0.25, 0.3) is 5.91 Å². The maximum Gasteiger partial charge on any atom is 0.319 e. The van der Waals surface area contributed by atoms with E-state index in [0.29, 0.717) is 17.8 Å². The molecule has 0 aromatic heterocycles. The standard InChI is InChI=1S/C25H32N4O2/c1-2-26-25(31)28-21-12-13-23(29-15-14-18-8-6-7-9-19(18)17-29)22(16-21)24(30)27-20-10-4-3-5-11-20/h6-9,12-13,16,20H,2-5,10-11,14-15,17H2,1H3,(H,27,30)(H2,26,28,31). The quantitative estimate of drug-likeness (QED) is 0.669. The zero-order valence-electron chi connectivity index (χ0n) is 18.2. The molecule has 0 saturated heterocycles. The second kappa shape index (κ2) is 9.86. The number of fused-ring (bicyclic) bond motifs is 1. The van der Waals surface area contributed by atoms with Crippen LogP contribution in [0.5, 0.6) is 0 Å². The van der Waals surface area contributed by atoms with Gasteiger partial charge in [-0.15, -0.1) is 0 Å². The second-order valence-corrected chi connectivity index (χ2v) is 8.47. The fraction of sp³-hybridized carbons (Fsp3) is 0.440. The van der Waals surface area contributed by atoms with Gasteiger partial charge in [0.1, 0.15) is 0 Å². The first kappa shape index (κ1) is 21.2. The van der Waals surface area contributed by atoms with E-state index in [1.807, 2.05) is 25.1 Å². The Balaban J connectivity index is 1.60. The molecule has 3 amide bonds. The van der Waals surface area contributed by atoms with E-state index >= 15 is 0 Å². The third kappa shape index (κ3) is 5.19. The minimum absolute atomic E-state index is 0.0553. The summed E-state index contributed by atoms with van der Waals surface area (Å²) >= 11 is 0. The molecule has 6 nitrogen and oxygen atoms in total. The molecule has 0 atom stereocenters. The van der Waals surface area contributed by atoms with Crippen LogP contribution in [-0.4, -0.2) is 31.1 Å². The number of urea groups is 1. The molecule has 0 radical (unpaired) electrons. The molecule has 2 aromatic carbocycles. The average molecular weight is 421 g/mol. The number of benzene rings is 2. The van der Waals surface area contributed by atoms with Crippen LogP contribution in [0.25, 0.3) is 0 Å². The minimum Gasteiger partial charge on any atom is -0.366 e. The molecule has 6 heteroatoms.